The number of anilines is 2. The summed E-state index contributed by atoms with van der Waals surface area (Å²) in [6.07, 6.45) is 4.92. The number of ether oxygens (including phenoxy) is 1. The third kappa shape index (κ3) is 3.56. The number of allylic oxidation sites excluding steroid dienone is 2. The van der Waals surface area contributed by atoms with E-state index in [9.17, 15) is 19.2 Å². The summed E-state index contributed by atoms with van der Waals surface area (Å²) in [7, 11) is 0. The predicted octanol–water partition coefficient (Wildman–Crippen LogP) is 4.26. The molecule has 2 aliphatic heterocycles. The van der Waals surface area contributed by atoms with E-state index in [-0.39, 0.29) is 60.1 Å². The number of hydrogen-bond acceptors (Lipinski definition) is 5. The van der Waals surface area contributed by atoms with E-state index in [0.717, 1.165) is 6.42 Å². The van der Waals surface area contributed by atoms with E-state index in [1.54, 1.807) is 36.4 Å². The number of hydrogen-bond donors (Lipinski definition) is 0. The van der Waals surface area contributed by atoms with Crippen molar-refractivity contribution in [2.75, 3.05) is 16.3 Å². The molecule has 1 saturated carbocycles. The summed E-state index contributed by atoms with van der Waals surface area (Å²) in [5.74, 6) is -2.11. The second-order valence-corrected chi connectivity index (χ2v) is 10.3. The number of imide groups is 1. The number of halogens is 2. The van der Waals surface area contributed by atoms with E-state index in [1.807, 2.05) is 12.2 Å². The van der Waals surface area contributed by atoms with Crippen LogP contribution in [0, 0.1) is 29.6 Å². The number of carbonyl (C=O) groups excluding carboxylic acids is 4. The summed E-state index contributed by atoms with van der Waals surface area (Å²) < 4.78 is 5.57. The van der Waals surface area contributed by atoms with Gasteiger partial charge in [-0.15, -0.1) is 0 Å². The van der Waals surface area contributed by atoms with E-state index in [1.165, 1.54) is 15.9 Å². The first-order chi connectivity index (χ1) is 16.8. The van der Waals surface area contributed by atoms with Crippen LogP contribution in [0.2, 0.25) is 10.0 Å². The summed E-state index contributed by atoms with van der Waals surface area (Å²) >= 11 is 12.3. The smallest absolute Gasteiger partial charge is 0.316 e. The van der Waals surface area contributed by atoms with Crippen LogP contribution in [0.1, 0.15) is 12.8 Å². The Hall–Kier alpha value is -3.16. The quantitative estimate of drug-likeness (QED) is 0.265. The van der Waals surface area contributed by atoms with Crippen molar-refractivity contribution in [3.8, 4) is 5.75 Å². The molecule has 3 amide bonds. The van der Waals surface area contributed by atoms with Gasteiger partial charge >= 0.3 is 5.97 Å². The standard InChI is InChI=1S/C26H20Cl2N2O5/c27-16-6-7-19(28)20(10-16)29-12-15(9-21(29)31)26(34)35-18-3-1-2-17(11-18)30-24(32)22-13-4-5-14(8-13)23(22)25(30)33/h1-7,10-11,13-15,22-23H,8-9,12H2/t13-,14-,15+,22+,23+/m0/s1. The zero-order valence-corrected chi connectivity index (χ0v) is 19.9. The second kappa shape index (κ2) is 8.21. The van der Waals surface area contributed by atoms with Gasteiger partial charge < -0.3 is 9.64 Å². The summed E-state index contributed by atoms with van der Waals surface area (Å²) in [5.41, 5.74) is 0.829. The number of rotatable bonds is 4. The average molecular weight is 511 g/mol. The molecule has 2 aromatic rings. The monoisotopic (exact) mass is 510 g/mol. The predicted molar refractivity (Wildman–Crippen MR) is 129 cm³/mol. The lowest BCUT2D eigenvalue weighted by Crippen LogP contribution is -2.32. The van der Waals surface area contributed by atoms with Crippen molar-refractivity contribution in [3.05, 3.63) is 64.7 Å². The van der Waals surface area contributed by atoms with Gasteiger partial charge in [0.15, 0.2) is 0 Å². The fourth-order valence-electron chi connectivity index (χ4n) is 5.83. The molecule has 4 aliphatic rings. The summed E-state index contributed by atoms with van der Waals surface area (Å²) in [6.45, 7) is 0.111. The maximum Gasteiger partial charge on any atom is 0.316 e. The Morgan fingerprint density at radius 3 is 2.37 bits per heavy atom. The normalized spacial score (nSPS) is 28.9. The van der Waals surface area contributed by atoms with Gasteiger partial charge in [0.1, 0.15) is 5.75 Å². The van der Waals surface area contributed by atoms with Gasteiger partial charge in [-0.1, -0.05) is 41.4 Å². The molecule has 0 spiro atoms. The van der Waals surface area contributed by atoms with Crippen molar-refractivity contribution >= 4 is 58.3 Å². The molecule has 2 heterocycles. The van der Waals surface area contributed by atoms with Crippen molar-refractivity contribution in [1.29, 1.82) is 0 Å². The maximum absolute atomic E-state index is 13.1. The highest BCUT2D eigenvalue weighted by Gasteiger charge is 2.59. The molecular formula is C26H20Cl2N2O5. The van der Waals surface area contributed by atoms with Gasteiger partial charge in [-0.05, 0) is 48.6 Å². The molecular weight excluding hydrogens is 491 g/mol. The molecule has 6 rings (SSSR count). The lowest BCUT2D eigenvalue weighted by Gasteiger charge is -2.19. The van der Waals surface area contributed by atoms with Gasteiger partial charge in [-0.2, -0.15) is 0 Å². The Morgan fingerprint density at radius 1 is 0.943 bits per heavy atom. The van der Waals surface area contributed by atoms with Crippen LogP contribution in [0.15, 0.2) is 54.6 Å². The largest absolute Gasteiger partial charge is 0.426 e. The Bertz CT molecular complexity index is 1290. The Morgan fingerprint density at radius 2 is 1.66 bits per heavy atom. The van der Waals surface area contributed by atoms with Crippen molar-refractivity contribution in [2.45, 2.75) is 12.8 Å². The van der Waals surface area contributed by atoms with Crippen LogP contribution in [0.3, 0.4) is 0 Å². The number of fused-ring (bicyclic) bond motifs is 5. The van der Waals surface area contributed by atoms with Crippen molar-refractivity contribution < 1.29 is 23.9 Å². The zero-order chi connectivity index (χ0) is 24.4. The molecule has 178 valence electrons. The van der Waals surface area contributed by atoms with E-state index < -0.39 is 11.9 Å². The van der Waals surface area contributed by atoms with Gasteiger partial charge in [0.2, 0.25) is 17.7 Å². The molecule has 2 aliphatic carbocycles. The third-order valence-electron chi connectivity index (χ3n) is 7.42. The second-order valence-electron chi connectivity index (χ2n) is 9.43. The van der Waals surface area contributed by atoms with Gasteiger partial charge in [-0.3, -0.25) is 19.2 Å². The van der Waals surface area contributed by atoms with Gasteiger partial charge in [0.25, 0.3) is 0 Å². The minimum Gasteiger partial charge on any atom is -0.426 e. The minimum absolute atomic E-state index is 0.0242. The lowest BCUT2D eigenvalue weighted by atomic mass is 9.85. The molecule has 0 unspecified atom stereocenters. The highest BCUT2D eigenvalue weighted by atomic mass is 35.5. The average Bonchev–Trinajstić information content (AvgIpc) is 3.59. The van der Waals surface area contributed by atoms with Crippen LogP contribution in [-0.2, 0) is 19.2 Å². The SMILES string of the molecule is O=C(Oc1cccc(N2C(=O)[C@H]3[C@H](C2=O)[C@H]2C=C[C@H]3C2)c1)[C@@H]1CC(=O)N(c2cc(Cl)ccc2Cl)C1. The van der Waals surface area contributed by atoms with Gasteiger partial charge in [-0.25, -0.2) is 4.90 Å². The number of nitrogens with zero attached hydrogens (tertiary/aromatic N) is 2. The highest BCUT2D eigenvalue weighted by molar-refractivity contribution is 6.36. The van der Waals surface area contributed by atoms with E-state index >= 15 is 0 Å². The van der Waals surface area contributed by atoms with Crippen LogP contribution in [0.5, 0.6) is 5.75 Å². The molecule has 2 bridgehead atoms. The number of amides is 3. The van der Waals surface area contributed by atoms with E-state index in [2.05, 4.69) is 0 Å². The van der Waals surface area contributed by atoms with Gasteiger partial charge in [0, 0.05) is 24.1 Å². The molecule has 2 aromatic carbocycles. The topological polar surface area (TPSA) is 84.0 Å². The fourth-order valence-corrected chi connectivity index (χ4v) is 6.22. The fraction of sp³-hybridized carbons (Fsp3) is 0.308. The maximum atomic E-state index is 13.1. The van der Waals surface area contributed by atoms with Crippen LogP contribution in [0.25, 0.3) is 0 Å². The number of esters is 1. The van der Waals surface area contributed by atoms with Crippen LogP contribution < -0.4 is 14.5 Å². The minimum atomic E-state index is -0.697. The Balaban J connectivity index is 1.18. The first kappa shape index (κ1) is 22.3. The highest BCUT2D eigenvalue weighted by Crippen LogP contribution is 2.53. The Labute approximate surface area is 211 Å². The molecule has 2 saturated heterocycles. The molecule has 7 nitrogen and oxygen atoms in total. The van der Waals surface area contributed by atoms with Crippen molar-refractivity contribution in [1.82, 2.24) is 0 Å². The number of benzene rings is 2. The summed E-state index contributed by atoms with van der Waals surface area (Å²) in [5, 5.41) is 0.789. The lowest BCUT2D eigenvalue weighted by molar-refractivity contribution is -0.139. The van der Waals surface area contributed by atoms with Crippen LogP contribution >= 0.6 is 23.2 Å². The Kier molecular flexibility index (Phi) is 5.23. The van der Waals surface area contributed by atoms with E-state index in [0.29, 0.717) is 21.4 Å². The molecule has 5 atom stereocenters. The van der Waals surface area contributed by atoms with Crippen molar-refractivity contribution in [3.63, 3.8) is 0 Å². The zero-order valence-electron chi connectivity index (χ0n) is 18.4. The van der Waals surface area contributed by atoms with Crippen LogP contribution in [-0.4, -0.2) is 30.2 Å². The van der Waals surface area contributed by atoms with E-state index in [4.69, 9.17) is 27.9 Å². The molecule has 9 heteroatoms. The molecule has 35 heavy (non-hydrogen) atoms. The van der Waals surface area contributed by atoms with Gasteiger partial charge in [0.05, 0.1) is 34.2 Å². The molecule has 0 aromatic heterocycles. The molecule has 0 radical (unpaired) electrons. The molecule has 0 N–H and O–H groups in total. The molecule has 3 fully saturated rings. The van der Waals surface area contributed by atoms with Crippen LogP contribution in [0.4, 0.5) is 11.4 Å². The third-order valence-corrected chi connectivity index (χ3v) is 7.98. The first-order valence-corrected chi connectivity index (χ1v) is 12.2. The summed E-state index contributed by atoms with van der Waals surface area (Å²) in [6, 6.07) is 11.2. The number of carbonyl (C=O) groups is 4. The van der Waals surface area contributed by atoms with Crippen molar-refractivity contribution in [2.24, 2.45) is 29.6 Å². The summed E-state index contributed by atoms with van der Waals surface area (Å²) in [4.78, 5) is 54.3. The first-order valence-electron chi connectivity index (χ1n) is 11.4.